The number of Topliss-reactive ketones (excluding diaryl/α,β-unsaturated/α-hetero) is 1. The summed E-state index contributed by atoms with van der Waals surface area (Å²) in [6.45, 7) is 21.0. The molecule has 5 atom stereocenters. The lowest BCUT2D eigenvalue weighted by molar-refractivity contribution is -0.131. The van der Waals surface area contributed by atoms with Crippen molar-refractivity contribution in [3.63, 3.8) is 0 Å². The van der Waals surface area contributed by atoms with Gasteiger partial charge in [-0.05, 0) is 97.5 Å². The van der Waals surface area contributed by atoms with Crippen molar-refractivity contribution >= 4 is 32.9 Å². The molecule has 0 saturated heterocycles. The van der Waals surface area contributed by atoms with Gasteiger partial charge in [-0.3, -0.25) is 9.59 Å². The van der Waals surface area contributed by atoms with Gasteiger partial charge in [0.2, 0.25) is 0 Å². The number of sulfonamides is 1. The van der Waals surface area contributed by atoms with E-state index in [1.165, 1.54) is 11.3 Å². The summed E-state index contributed by atoms with van der Waals surface area (Å²) in [6, 6.07) is 5.60. The van der Waals surface area contributed by atoms with Gasteiger partial charge in [0.05, 0.1) is 5.57 Å². The van der Waals surface area contributed by atoms with Crippen LogP contribution in [0.1, 0.15) is 114 Å². The summed E-state index contributed by atoms with van der Waals surface area (Å²) in [4.78, 5) is 26.2. The molecule has 242 valence electrons. The number of hydrogen-bond donors (Lipinski definition) is 1. The lowest BCUT2D eigenvalue weighted by atomic mass is 9.42. The van der Waals surface area contributed by atoms with Gasteiger partial charge < -0.3 is 0 Å². The molecule has 44 heavy (non-hydrogen) atoms. The summed E-state index contributed by atoms with van der Waals surface area (Å²) in [5.74, 6) is -0.0782. The van der Waals surface area contributed by atoms with Crippen LogP contribution in [0.15, 0.2) is 45.0 Å². The standard InChI is InChI=1S/C36H52N2O4S2/c1-24-21-31(3,4)15-17-36(24,38-44(41,42)29-12-11-19-43-29)18-16-32(5,6)35(10)14-13-27-33(7,8)30(40)26(23-37)22-34(27,9)28(35)20-25(2)39/h11-12,19-20,22,24,27,38H,13-18,21H2,1-10H3/b28-20-/t24?,27-,34-,35+,36-/m0/s1. The van der Waals surface area contributed by atoms with Crippen molar-refractivity contribution in [1.29, 1.82) is 5.26 Å². The highest BCUT2D eigenvalue weighted by Gasteiger charge is 2.61. The van der Waals surface area contributed by atoms with Crippen molar-refractivity contribution in [1.82, 2.24) is 4.72 Å². The number of hydrogen-bond acceptors (Lipinski definition) is 6. The first-order chi connectivity index (χ1) is 20.1. The molecular weight excluding hydrogens is 589 g/mol. The average Bonchev–Trinajstić information content (AvgIpc) is 3.45. The summed E-state index contributed by atoms with van der Waals surface area (Å²) in [5.41, 5.74) is -1.43. The van der Waals surface area contributed by atoms with Gasteiger partial charge in [0, 0.05) is 16.4 Å². The Kier molecular flexibility index (Phi) is 8.94. The number of carbonyl (C=O) groups excluding carboxylic acids is 2. The molecule has 0 amide bonds. The number of nitrogens with one attached hydrogen (secondary N) is 1. The Morgan fingerprint density at radius 2 is 1.82 bits per heavy atom. The summed E-state index contributed by atoms with van der Waals surface area (Å²) >= 11 is 1.24. The molecule has 0 spiro atoms. The van der Waals surface area contributed by atoms with Crippen molar-refractivity contribution in [3.8, 4) is 6.07 Å². The topological polar surface area (TPSA) is 104 Å². The second-order valence-corrected chi connectivity index (χ2v) is 19.3. The first kappa shape index (κ1) is 34.8. The zero-order valence-electron chi connectivity index (χ0n) is 28.4. The molecule has 0 radical (unpaired) electrons. The molecule has 1 heterocycles. The van der Waals surface area contributed by atoms with Crippen LogP contribution in [0.3, 0.4) is 0 Å². The molecule has 2 saturated carbocycles. The number of fused-ring (bicyclic) bond motifs is 1. The zero-order valence-corrected chi connectivity index (χ0v) is 30.0. The third-order valence-corrected chi connectivity index (χ3v) is 15.2. The van der Waals surface area contributed by atoms with Gasteiger partial charge in [-0.15, -0.1) is 11.3 Å². The van der Waals surface area contributed by atoms with E-state index in [1.807, 2.05) is 19.9 Å². The Morgan fingerprint density at radius 3 is 2.36 bits per heavy atom. The first-order valence-corrected chi connectivity index (χ1v) is 18.4. The monoisotopic (exact) mass is 640 g/mol. The fourth-order valence-corrected chi connectivity index (χ4v) is 11.7. The van der Waals surface area contributed by atoms with E-state index in [9.17, 15) is 23.3 Å². The van der Waals surface area contributed by atoms with E-state index in [0.717, 1.165) is 44.1 Å². The highest BCUT2D eigenvalue weighted by molar-refractivity contribution is 7.91. The van der Waals surface area contributed by atoms with Gasteiger partial charge in [0.15, 0.2) is 11.6 Å². The minimum atomic E-state index is -3.69. The first-order valence-electron chi connectivity index (χ1n) is 16.1. The Balaban J connectivity index is 1.76. The van der Waals surface area contributed by atoms with Crippen molar-refractivity contribution in [2.75, 3.05) is 0 Å². The number of allylic oxidation sites excluding steroid dienone is 4. The van der Waals surface area contributed by atoms with E-state index in [1.54, 1.807) is 30.5 Å². The quantitative estimate of drug-likeness (QED) is 0.287. The molecule has 4 rings (SSSR count). The summed E-state index contributed by atoms with van der Waals surface area (Å²) < 4.78 is 30.9. The average molecular weight is 641 g/mol. The maximum atomic E-state index is 13.7. The fourth-order valence-electron chi connectivity index (χ4n) is 9.17. The lowest BCUT2D eigenvalue weighted by Gasteiger charge is -2.61. The molecule has 0 bridgehead atoms. The van der Waals surface area contributed by atoms with E-state index in [0.29, 0.717) is 10.6 Å². The minimum absolute atomic E-state index is 0.0429. The number of rotatable bonds is 8. The van der Waals surface area contributed by atoms with E-state index in [2.05, 4.69) is 59.3 Å². The van der Waals surface area contributed by atoms with Crippen molar-refractivity contribution < 1.29 is 18.0 Å². The SMILES string of the molecule is CC(=O)/C=C1/[C@@]2(C)C=C(C#N)C(=O)C(C)(C)[C@@H]2CC[C@@]1(C)C(C)(C)CC[C@@]1(NS(=O)(=O)c2cccs2)CCC(C)(C)CC1C. The van der Waals surface area contributed by atoms with E-state index < -0.39 is 31.8 Å². The number of nitriles is 1. The molecular formula is C36H52N2O4S2. The molecule has 3 aliphatic rings. The van der Waals surface area contributed by atoms with E-state index >= 15 is 0 Å². The van der Waals surface area contributed by atoms with Crippen molar-refractivity contribution in [2.45, 2.75) is 124 Å². The molecule has 8 heteroatoms. The van der Waals surface area contributed by atoms with Gasteiger partial charge in [0.25, 0.3) is 10.0 Å². The zero-order chi connectivity index (χ0) is 33.1. The van der Waals surface area contributed by atoms with Gasteiger partial charge in [-0.2, -0.15) is 5.26 Å². The molecule has 1 unspecified atom stereocenters. The molecule has 3 aliphatic carbocycles. The molecule has 0 aliphatic heterocycles. The predicted octanol–water partition coefficient (Wildman–Crippen LogP) is 8.41. The molecule has 2 fully saturated rings. The highest BCUT2D eigenvalue weighted by atomic mass is 32.2. The van der Waals surface area contributed by atoms with Crippen molar-refractivity contribution in [2.24, 2.45) is 38.9 Å². The molecule has 1 aromatic rings. The third-order valence-electron chi connectivity index (χ3n) is 12.3. The van der Waals surface area contributed by atoms with Gasteiger partial charge in [0.1, 0.15) is 10.3 Å². The lowest BCUT2D eigenvalue weighted by Crippen LogP contribution is -2.58. The Morgan fingerprint density at radius 1 is 1.16 bits per heavy atom. The van der Waals surface area contributed by atoms with E-state index in [4.69, 9.17) is 0 Å². The van der Waals surface area contributed by atoms with Crippen LogP contribution in [0.5, 0.6) is 0 Å². The molecule has 1 N–H and O–H groups in total. The molecule has 0 aromatic carbocycles. The number of thiophene rings is 1. The maximum Gasteiger partial charge on any atom is 0.250 e. The minimum Gasteiger partial charge on any atom is -0.295 e. The second kappa shape index (κ2) is 11.3. The Hall–Kier alpha value is -2.08. The van der Waals surface area contributed by atoms with Crippen LogP contribution in [-0.4, -0.2) is 25.5 Å². The number of carbonyl (C=O) groups is 2. The third kappa shape index (κ3) is 5.82. The summed E-state index contributed by atoms with van der Waals surface area (Å²) in [5, 5.41) is 11.8. The molecule has 1 aromatic heterocycles. The van der Waals surface area contributed by atoms with Crippen LogP contribution in [0, 0.1) is 50.2 Å². The van der Waals surface area contributed by atoms with Crippen LogP contribution in [0.4, 0.5) is 0 Å². The molecule has 6 nitrogen and oxygen atoms in total. The second-order valence-electron chi connectivity index (χ2n) is 16.4. The Bertz CT molecular complexity index is 1530. The van der Waals surface area contributed by atoms with Crippen LogP contribution < -0.4 is 4.72 Å². The van der Waals surface area contributed by atoms with Gasteiger partial charge in [-0.25, -0.2) is 13.1 Å². The van der Waals surface area contributed by atoms with Crippen LogP contribution in [-0.2, 0) is 19.6 Å². The fraction of sp³-hybridized carbons (Fsp3) is 0.694. The largest absolute Gasteiger partial charge is 0.295 e. The number of ketones is 2. The van der Waals surface area contributed by atoms with Crippen LogP contribution in [0.2, 0.25) is 0 Å². The summed E-state index contributed by atoms with van der Waals surface area (Å²) in [6.07, 6.45) is 9.24. The number of nitrogens with zero attached hydrogens (tertiary/aromatic N) is 1. The van der Waals surface area contributed by atoms with E-state index in [-0.39, 0.29) is 39.8 Å². The van der Waals surface area contributed by atoms with Gasteiger partial charge in [-0.1, -0.05) is 80.0 Å². The van der Waals surface area contributed by atoms with Crippen LogP contribution in [0.25, 0.3) is 0 Å². The predicted molar refractivity (Wildman–Crippen MR) is 177 cm³/mol. The van der Waals surface area contributed by atoms with Gasteiger partial charge >= 0.3 is 0 Å². The highest BCUT2D eigenvalue weighted by Crippen LogP contribution is 2.67. The van der Waals surface area contributed by atoms with Crippen molar-refractivity contribution in [3.05, 3.63) is 40.8 Å². The Labute approximate surface area is 269 Å². The summed E-state index contributed by atoms with van der Waals surface area (Å²) in [7, 11) is -3.69. The normalized spacial score (nSPS) is 34.6. The smallest absolute Gasteiger partial charge is 0.250 e. The maximum absolute atomic E-state index is 13.7. The van der Waals surface area contributed by atoms with Crippen LogP contribution >= 0.6 is 11.3 Å².